The molecule has 0 aromatic heterocycles. The van der Waals surface area contributed by atoms with E-state index < -0.39 is 42.1 Å². The van der Waals surface area contributed by atoms with Crippen LogP contribution in [0.2, 0.25) is 0 Å². The van der Waals surface area contributed by atoms with Gasteiger partial charge in [0.1, 0.15) is 29.8 Å². The molecule has 3 rings (SSSR count). The van der Waals surface area contributed by atoms with Gasteiger partial charge in [0.25, 0.3) is 0 Å². The summed E-state index contributed by atoms with van der Waals surface area (Å²) in [6.45, 7) is -0.0446. The number of alkyl halides is 3. The van der Waals surface area contributed by atoms with Crippen LogP contribution >= 0.6 is 11.8 Å². The topological polar surface area (TPSA) is 83.3 Å². The molecule has 0 aromatic carbocycles. The highest BCUT2D eigenvalue weighted by molar-refractivity contribution is 8.14. The maximum atomic E-state index is 13.6. The monoisotopic (exact) mass is 412 g/mol. The number of hydrogen-bond donors (Lipinski definition) is 3. The fourth-order valence-electron chi connectivity index (χ4n) is 3.97. The van der Waals surface area contributed by atoms with Gasteiger partial charge in [-0.15, -0.1) is 0 Å². The van der Waals surface area contributed by atoms with Gasteiger partial charge in [0.05, 0.1) is 0 Å². The highest BCUT2D eigenvalue weighted by Crippen LogP contribution is 2.40. The summed E-state index contributed by atoms with van der Waals surface area (Å²) in [5.74, 6) is 0.386. The number of nitrogens with zero attached hydrogens (tertiary/aromatic N) is 1. The Morgan fingerprint density at radius 2 is 1.96 bits per heavy atom. The predicted molar refractivity (Wildman–Crippen MR) is 95.5 cm³/mol. The molecule has 1 aliphatic carbocycles. The molecule has 27 heavy (non-hydrogen) atoms. The van der Waals surface area contributed by atoms with Gasteiger partial charge in [-0.05, 0) is 12.3 Å². The molecular weight excluding hydrogens is 385 g/mol. The van der Waals surface area contributed by atoms with Crippen molar-refractivity contribution < 1.29 is 32.9 Å². The van der Waals surface area contributed by atoms with E-state index in [-0.39, 0.29) is 6.61 Å². The smallest absolute Gasteiger partial charge is 0.388 e. The molecule has 3 N–H and O–H groups in total. The SMILES string of the molecule is CNC1=N[C@@H]2[C@@H](O)[C@H](O)[C@@H]([C@@H](OCCC3CCCCC3)C(F)(F)F)O[C@@H]2S1. The predicted octanol–water partition coefficient (Wildman–Crippen LogP) is 2.04. The first-order valence-corrected chi connectivity index (χ1v) is 10.3. The minimum Gasteiger partial charge on any atom is -0.388 e. The van der Waals surface area contributed by atoms with Crippen molar-refractivity contribution in [1.82, 2.24) is 5.32 Å². The fourth-order valence-corrected chi connectivity index (χ4v) is 5.04. The molecule has 0 unspecified atom stereocenters. The van der Waals surface area contributed by atoms with E-state index in [0.717, 1.165) is 37.4 Å². The van der Waals surface area contributed by atoms with E-state index in [1.807, 2.05) is 0 Å². The molecule has 1 saturated carbocycles. The Hall–Kier alpha value is -0.550. The Bertz CT molecular complexity index is 531. The van der Waals surface area contributed by atoms with E-state index in [0.29, 0.717) is 17.5 Å². The number of aliphatic hydroxyl groups is 2. The molecule has 10 heteroatoms. The number of aliphatic hydroxyl groups excluding tert-OH is 2. The molecule has 2 fully saturated rings. The highest BCUT2D eigenvalue weighted by atomic mass is 32.2. The summed E-state index contributed by atoms with van der Waals surface area (Å²) >= 11 is 1.10. The molecule has 0 aromatic rings. The number of fused-ring (bicyclic) bond motifs is 1. The first-order chi connectivity index (χ1) is 12.8. The Morgan fingerprint density at radius 3 is 2.59 bits per heavy atom. The lowest BCUT2D eigenvalue weighted by Crippen LogP contribution is -2.61. The summed E-state index contributed by atoms with van der Waals surface area (Å²) in [4.78, 5) is 4.15. The number of ether oxygens (including phenoxy) is 2. The molecule has 2 heterocycles. The Morgan fingerprint density at radius 1 is 1.26 bits per heavy atom. The van der Waals surface area contributed by atoms with Crippen LogP contribution < -0.4 is 5.32 Å². The molecule has 6 atom stereocenters. The van der Waals surface area contributed by atoms with Crippen molar-refractivity contribution in [2.75, 3.05) is 13.7 Å². The van der Waals surface area contributed by atoms with Crippen LogP contribution in [0.15, 0.2) is 4.99 Å². The van der Waals surface area contributed by atoms with Crippen LogP contribution in [0.3, 0.4) is 0 Å². The van der Waals surface area contributed by atoms with Gasteiger partial charge >= 0.3 is 6.18 Å². The number of aliphatic imine (C=N–C) groups is 1. The van der Waals surface area contributed by atoms with Crippen molar-refractivity contribution in [3.8, 4) is 0 Å². The van der Waals surface area contributed by atoms with E-state index in [9.17, 15) is 23.4 Å². The number of hydrogen-bond acceptors (Lipinski definition) is 7. The summed E-state index contributed by atoms with van der Waals surface area (Å²) in [7, 11) is 1.62. The molecule has 0 radical (unpaired) electrons. The van der Waals surface area contributed by atoms with Crippen LogP contribution in [0.5, 0.6) is 0 Å². The number of amidine groups is 1. The second kappa shape index (κ2) is 8.86. The molecule has 0 spiro atoms. The lowest BCUT2D eigenvalue weighted by Gasteiger charge is -2.41. The maximum Gasteiger partial charge on any atom is 0.417 e. The van der Waals surface area contributed by atoms with Crippen LogP contribution in [0.4, 0.5) is 13.2 Å². The molecular formula is C17H27F3N2O4S. The number of thioether (sulfide) groups is 1. The van der Waals surface area contributed by atoms with E-state index in [1.165, 1.54) is 6.42 Å². The van der Waals surface area contributed by atoms with Gasteiger partial charge in [0, 0.05) is 13.7 Å². The highest BCUT2D eigenvalue weighted by Gasteiger charge is 2.57. The second-order valence-electron chi connectivity index (χ2n) is 7.37. The fraction of sp³-hybridized carbons (Fsp3) is 0.941. The van der Waals surface area contributed by atoms with Crippen LogP contribution in [0.1, 0.15) is 38.5 Å². The van der Waals surface area contributed by atoms with Gasteiger partial charge in [-0.2, -0.15) is 13.2 Å². The van der Waals surface area contributed by atoms with E-state index >= 15 is 0 Å². The normalized spacial score (nSPS) is 36.2. The zero-order chi connectivity index (χ0) is 19.6. The zero-order valence-electron chi connectivity index (χ0n) is 15.2. The van der Waals surface area contributed by atoms with Crippen molar-refractivity contribution in [2.45, 2.75) is 80.6 Å². The first kappa shape index (κ1) is 21.2. The van der Waals surface area contributed by atoms with Crippen LogP contribution in [0.25, 0.3) is 0 Å². The average Bonchev–Trinajstić information content (AvgIpc) is 3.05. The number of nitrogens with one attached hydrogen (secondary N) is 1. The Labute approximate surface area is 160 Å². The van der Waals surface area contributed by atoms with E-state index in [4.69, 9.17) is 9.47 Å². The van der Waals surface area contributed by atoms with Crippen molar-refractivity contribution >= 4 is 16.9 Å². The molecule has 0 bridgehead atoms. The largest absolute Gasteiger partial charge is 0.417 e. The van der Waals surface area contributed by atoms with Crippen molar-refractivity contribution in [2.24, 2.45) is 10.9 Å². The third-order valence-corrected chi connectivity index (χ3v) is 6.64. The van der Waals surface area contributed by atoms with Crippen LogP contribution in [-0.4, -0.2) is 71.1 Å². The Kier molecular flexibility index (Phi) is 6.94. The third kappa shape index (κ3) is 4.90. The van der Waals surface area contributed by atoms with Gasteiger partial charge in [0.15, 0.2) is 11.3 Å². The van der Waals surface area contributed by atoms with Gasteiger partial charge in [-0.3, -0.25) is 4.99 Å². The second-order valence-corrected chi connectivity index (χ2v) is 8.46. The van der Waals surface area contributed by atoms with E-state index in [1.54, 1.807) is 7.05 Å². The van der Waals surface area contributed by atoms with Gasteiger partial charge in [-0.25, -0.2) is 0 Å². The quantitative estimate of drug-likeness (QED) is 0.641. The molecule has 2 aliphatic heterocycles. The van der Waals surface area contributed by atoms with Gasteiger partial charge < -0.3 is 25.0 Å². The standard InChI is InChI=1S/C17H27F3N2O4S/c1-21-16-22-10-11(23)12(24)13(26-15(10)27-16)14(17(18,19)20)25-8-7-9-5-3-2-4-6-9/h9-15,23-24H,2-8H2,1H3,(H,21,22)/t10-,11-,12+,13+,14-,15-/m1/s1. The minimum atomic E-state index is -4.71. The number of halogens is 3. The molecule has 156 valence electrons. The van der Waals surface area contributed by atoms with Crippen LogP contribution in [0, 0.1) is 5.92 Å². The summed E-state index contributed by atoms with van der Waals surface area (Å²) in [6, 6.07) is -0.806. The number of rotatable bonds is 5. The minimum absolute atomic E-state index is 0.0446. The third-order valence-electron chi connectivity index (χ3n) is 5.48. The van der Waals surface area contributed by atoms with Crippen molar-refractivity contribution in [3.05, 3.63) is 0 Å². The lowest BCUT2D eigenvalue weighted by molar-refractivity contribution is -0.284. The molecule has 1 saturated heterocycles. The summed E-state index contributed by atoms with van der Waals surface area (Å²) < 4.78 is 51.5. The van der Waals surface area contributed by atoms with Crippen LogP contribution in [-0.2, 0) is 9.47 Å². The van der Waals surface area contributed by atoms with Gasteiger partial charge in [-0.1, -0.05) is 43.9 Å². The lowest BCUT2D eigenvalue weighted by atomic mass is 9.87. The average molecular weight is 412 g/mol. The summed E-state index contributed by atoms with van der Waals surface area (Å²) in [5, 5.41) is 23.8. The molecule has 3 aliphatic rings. The first-order valence-electron chi connectivity index (χ1n) is 9.43. The van der Waals surface area contributed by atoms with Crippen molar-refractivity contribution in [3.63, 3.8) is 0 Å². The molecule has 0 amide bonds. The maximum absolute atomic E-state index is 13.6. The van der Waals surface area contributed by atoms with Gasteiger partial charge in [0.2, 0.25) is 0 Å². The Balaban J connectivity index is 1.64. The summed E-state index contributed by atoms with van der Waals surface area (Å²) in [6.07, 6.45) is -5.86. The zero-order valence-corrected chi connectivity index (χ0v) is 16.0. The van der Waals surface area contributed by atoms with E-state index in [2.05, 4.69) is 10.3 Å². The van der Waals surface area contributed by atoms with Crippen molar-refractivity contribution in [1.29, 1.82) is 0 Å². The molecule has 6 nitrogen and oxygen atoms in total. The summed E-state index contributed by atoms with van der Waals surface area (Å²) in [5.41, 5.74) is -0.789.